The fourth-order valence-electron chi connectivity index (χ4n) is 2.44. The van der Waals surface area contributed by atoms with Gasteiger partial charge >= 0.3 is 0 Å². The molecule has 1 aliphatic heterocycles. The lowest BCUT2D eigenvalue weighted by Crippen LogP contribution is -2.14. The maximum absolute atomic E-state index is 4.77. The molecule has 0 fully saturated rings. The van der Waals surface area contributed by atoms with E-state index in [1.54, 1.807) is 11.8 Å². The zero-order valence-electron chi connectivity index (χ0n) is 12.6. The van der Waals surface area contributed by atoms with Crippen LogP contribution in [0.5, 0.6) is 0 Å². The molecule has 0 saturated heterocycles. The molecular weight excluding hydrogens is 452 g/mol. The lowest BCUT2D eigenvalue weighted by molar-refractivity contribution is 0.720. The standard InChI is InChI=1S/C17H13BrN4S.BrH/c18-14-8-6-13(7-9-14)15-11-23-17-20-19-16(22(17)21-15)10-12-4-2-1-3-5-12;/h1-9H,10-11H2;1H. The van der Waals surface area contributed by atoms with Crippen molar-refractivity contribution in [3.05, 3.63) is 76.0 Å². The van der Waals surface area contributed by atoms with Gasteiger partial charge in [0.2, 0.25) is 5.16 Å². The number of rotatable bonds is 3. The fraction of sp³-hybridized carbons (Fsp3) is 0.118. The molecule has 0 unspecified atom stereocenters. The van der Waals surface area contributed by atoms with Crippen LogP contribution < -0.4 is 0 Å². The highest BCUT2D eigenvalue weighted by Gasteiger charge is 2.19. The lowest BCUT2D eigenvalue weighted by atomic mass is 10.1. The van der Waals surface area contributed by atoms with E-state index in [2.05, 4.69) is 50.4 Å². The molecule has 2 heterocycles. The van der Waals surface area contributed by atoms with Gasteiger partial charge in [0.1, 0.15) is 0 Å². The van der Waals surface area contributed by atoms with Crippen molar-refractivity contribution in [1.29, 1.82) is 0 Å². The Morgan fingerprint density at radius 1 is 1.00 bits per heavy atom. The van der Waals surface area contributed by atoms with Gasteiger partial charge in [-0.2, -0.15) is 9.78 Å². The molecule has 0 N–H and O–H groups in total. The summed E-state index contributed by atoms with van der Waals surface area (Å²) in [5.74, 6) is 1.68. The number of halogens is 2. The van der Waals surface area contributed by atoms with Crippen LogP contribution in [0.4, 0.5) is 0 Å². The molecule has 0 radical (unpaired) electrons. The Kier molecular flexibility index (Phi) is 5.53. The zero-order chi connectivity index (χ0) is 15.6. The second-order valence-corrected chi connectivity index (χ2v) is 7.07. The van der Waals surface area contributed by atoms with Crippen LogP contribution >= 0.6 is 44.7 Å². The van der Waals surface area contributed by atoms with Crippen molar-refractivity contribution in [2.45, 2.75) is 11.6 Å². The average Bonchev–Trinajstić information content (AvgIpc) is 2.99. The Morgan fingerprint density at radius 2 is 1.75 bits per heavy atom. The Hall–Kier alpha value is -1.44. The first-order valence-electron chi connectivity index (χ1n) is 7.24. The van der Waals surface area contributed by atoms with Crippen LogP contribution in [0.3, 0.4) is 0 Å². The van der Waals surface area contributed by atoms with Gasteiger partial charge in [-0.15, -0.1) is 27.2 Å². The van der Waals surface area contributed by atoms with E-state index in [0.717, 1.165) is 38.9 Å². The summed E-state index contributed by atoms with van der Waals surface area (Å²) >= 11 is 5.14. The molecule has 0 saturated carbocycles. The maximum Gasteiger partial charge on any atom is 0.212 e. The van der Waals surface area contributed by atoms with Crippen molar-refractivity contribution in [1.82, 2.24) is 14.9 Å². The van der Waals surface area contributed by atoms with Crippen LogP contribution in [-0.4, -0.2) is 26.3 Å². The van der Waals surface area contributed by atoms with Crippen LogP contribution in [0.2, 0.25) is 0 Å². The van der Waals surface area contributed by atoms with E-state index in [0.29, 0.717) is 0 Å². The van der Waals surface area contributed by atoms with E-state index in [1.807, 2.05) is 35.0 Å². The van der Waals surface area contributed by atoms with E-state index in [4.69, 9.17) is 5.10 Å². The van der Waals surface area contributed by atoms with Crippen LogP contribution in [0.25, 0.3) is 0 Å². The predicted octanol–water partition coefficient (Wildman–Crippen LogP) is 4.57. The average molecular weight is 466 g/mol. The molecule has 0 amide bonds. The van der Waals surface area contributed by atoms with Crippen LogP contribution in [0, 0.1) is 0 Å². The van der Waals surface area contributed by atoms with Crippen molar-refractivity contribution in [2.75, 3.05) is 5.75 Å². The minimum Gasteiger partial charge on any atom is -0.191 e. The SMILES string of the molecule is Br.Brc1ccc(C2=Nn3c(Cc4ccccc4)nnc3SC2)cc1. The number of hydrogen-bond acceptors (Lipinski definition) is 4. The van der Waals surface area contributed by atoms with Crippen molar-refractivity contribution in [3.63, 3.8) is 0 Å². The summed E-state index contributed by atoms with van der Waals surface area (Å²) in [7, 11) is 0. The highest BCUT2D eigenvalue weighted by molar-refractivity contribution is 9.10. The first-order valence-corrected chi connectivity index (χ1v) is 9.02. The second-order valence-electron chi connectivity index (χ2n) is 5.22. The minimum atomic E-state index is 0. The first-order chi connectivity index (χ1) is 11.3. The Balaban J connectivity index is 0.00000169. The number of hydrogen-bond donors (Lipinski definition) is 0. The van der Waals surface area contributed by atoms with E-state index in [9.17, 15) is 0 Å². The summed E-state index contributed by atoms with van der Waals surface area (Å²) in [5.41, 5.74) is 3.38. The van der Waals surface area contributed by atoms with Crippen molar-refractivity contribution >= 4 is 50.4 Å². The van der Waals surface area contributed by atoms with Crippen LogP contribution in [0.1, 0.15) is 17.0 Å². The molecule has 4 rings (SSSR count). The van der Waals surface area contributed by atoms with Gasteiger partial charge in [0, 0.05) is 16.6 Å². The summed E-state index contributed by atoms with van der Waals surface area (Å²) in [5, 5.41) is 14.2. The third-order valence-corrected chi connectivity index (χ3v) is 5.08. The number of fused-ring (bicyclic) bond motifs is 1. The lowest BCUT2D eigenvalue weighted by Gasteiger charge is -2.14. The highest BCUT2D eigenvalue weighted by atomic mass is 79.9. The number of thioether (sulfide) groups is 1. The molecule has 122 valence electrons. The molecule has 1 aliphatic rings. The third kappa shape index (κ3) is 3.63. The van der Waals surface area contributed by atoms with Gasteiger partial charge in [-0.3, -0.25) is 0 Å². The molecule has 2 aromatic carbocycles. The summed E-state index contributed by atoms with van der Waals surface area (Å²) in [6, 6.07) is 18.5. The molecule has 4 nitrogen and oxygen atoms in total. The van der Waals surface area contributed by atoms with E-state index in [-0.39, 0.29) is 17.0 Å². The monoisotopic (exact) mass is 464 g/mol. The number of benzene rings is 2. The van der Waals surface area contributed by atoms with Crippen LogP contribution in [-0.2, 0) is 6.42 Å². The van der Waals surface area contributed by atoms with Crippen molar-refractivity contribution in [2.24, 2.45) is 5.10 Å². The van der Waals surface area contributed by atoms with Gasteiger partial charge in [0.05, 0.1) is 5.71 Å². The van der Waals surface area contributed by atoms with Crippen molar-refractivity contribution in [3.8, 4) is 0 Å². The van der Waals surface area contributed by atoms with E-state index >= 15 is 0 Å². The Morgan fingerprint density at radius 3 is 2.50 bits per heavy atom. The first kappa shape index (κ1) is 17.4. The summed E-state index contributed by atoms with van der Waals surface area (Å²) in [6.45, 7) is 0. The molecule has 0 atom stereocenters. The highest BCUT2D eigenvalue weighted by Crippen LogP contribution is 2.25. The fourth-order valence-corrected chi connectivity index (χ4v) is 3.56. The van der Waals surface area contributed by atoms with E-state index < -0.39 is 0 Å². The van der Waals surface area contributed by atoms with Gasteiger partial charge in [0.25, 0.3) is 0 Å². The van der Waals surface area contributed by atoms with Gasteiger partial charge in [-0.1, -0.05) is 70.2 Å². The number of aromatic nitrogens is 3. The van der Waals surface area contributed by atoms with Gasteiger partial charge < -0.3 is 0 Å². The molecule has 7 heteroatoms. The Labute approximate surface area is 163 Å². The van der Waals surface area contributed by atoms with Gasteiger partial charge in [-0.05, 0) is 23.3 Å². The topological polar surface area (TPSA) is 43.1 Å². The predicted molar refractivity (Wildman–Crippen MR) is 106 cm³/mol. The van der Waals surface area contributed by atoms with E-state index in [1.165, 1.54) is 5.56 Å². The minimum absolute atomic E-state index is 0. The Bertz CT molecular complexity index is 860. The quantitative estimate of drug-likeness (QED) is 0.569. The molecule has 1 aromatic heterocycles. The molecule has 0 bridgehead atoms. The summed E-state index contributed by atoms with van der Waals surface area (Å²) in [4.78, 5) is 0. The zero-order valence-corrected chi connectivity index (χ0v) is 16.7. The second kappa shape index (κ2) is 7.63. The normalized spacial score (nSPS) is 13.0. The largest absolute Gasteiger partial charge is 0.212 e. The molecule has 0 spiro atoms. The molecule has 3 aromatic rings. The third-order valence-electron chi connectivity index (χ3n) is 3.62. The smallest absolute Gasteiger partial charge is 0.191 e. The van der Waals surface area contributed by atoms with Crippen LogP contribution in [0.15, 0.2) is 69.3 Å². The molecule has 24 heavy (non-hydrogen) atoms. The summed E-state index contributed by atoms with van der Waals surface area (Å²) in [6.07, 6.45) is 0.728. The maximum atomic E-state index is 4.77. The van der Waals surface area contributed by atoms with Gasteiger partial charge in [-0.25, -0.2) is 0 Å². The summed E-state index contributed by atoms with van der Waals surface area (Å²) < 4.78 is 2.94. The number of nitrogens with zero attached hydrogens (tertiary/aromatic N) is 4. The van der Waals surface area contributed by atoms with Gasteiger partial charge in [0.15, 0.2) is 5.82 Å². The molecule has 0 aliphatic carbocycles. The van der Waals surface area contributed by atoms with Crippen molar-refractivity contribution < 1.29 is 0 Å². The molecular formula is C17H14Br2N4S.